The number of hydrogen-bond donors (Lipinski definition) is 1. The molecule has 1 fully saturated rings. The number of anilines is 1. The zero-order chi connectivity index (χ0) is 12.1. The Morgan fingerprint density at radius 1 is 1.12 bits per heavy atom. The van der Waals surface area contributed by atoms with Crippen molar-refractivity contribution in [3.63, 3.8) is 0 Å². The molecule has 0 bridgehead atoms. The fourth-order valence-corrected chi connectivity index (χ4v) is 2.35. The first-order chi connectivity index (χ1) is 8.31. The summed E-state index contributed by atoms with van der Waals surface area (Å²) >= 11 is 0. The van der Waals surface area contributed by atoms with E-state index in [9.17, 15) is 0 Å². The van der Waals surface area contributed by atoms with E-state index in [1.54, 1.807) is 0 Å². The van der Waals surface area contributed by atoms with Gasteiger partial charge in [0.2, 0.25) is 0 Å². The smallest absolute Gasteiger partial charge is 0.0340 e. The number of piperazine rings is 1. The Kier molecular flexibility index (Phi) is 4.40. The van der Waals surface area contributed by atoms with Crippen molar-refractivity contribution in [2.24, 2.45) is 0 Å². The van der Waals surface area contributed by atoms with E-state index in [4.69, 9.17) is 0 Å². The van der Waals surface area contributed by atoms with Gasteiger partial charge in [0.1, 0.15) is 0 Å². The average molecular weight is 233 g/mol. The van der Waals surface area contributed by atoms with Crippen LogP contribution in [0.25, 0.3) is 0 Å². The van der Waals surface area contributed by atoms with Crippen LogP contribution in [0.1, 0.15) is 12.5 Å². The molecule has 17 heavy (non-hydrogen) atoms. The molecule has 1 aromatic rings. The van der Waals surface area contributed by atoms with Gasteiger partial charge in [0, 0.05) is 45.5 Å². The molecule has 3 nitrogen and oxygen atoms in total. The summed E-state index contributed by atoms with van der Waals surface area (Å²) in [7, 11) is 1.97. The van der Waals surface area contributed by atoms with E-state index in [0.29, 0.717) is 0 Å². The van der Waals surface area contributed by atoms with Crippen molar-refractivity contribution < 1.29 is 0 Å². The lowest BCUT2D eigenvalue weighted by Gasteiger charge is -2.34. The predicted molar refractivity (Wildman–Crippen MR) is 73.4 cm³/mol. The van der Waals surface area contributed by atoms with E-state index in [1.165, 1.54) is 44.0 Å². The first kappa shape index (κ1) is 12.4. The number of likely N-dealkylation sites (N-methyl/N-ethyl adjacent to an activating group) is 1. The van der Waals surface area contributed by atoms with Crippen molar-refractivity contribution in [2.45, 2.75) is 13.5 Å². The lowest BCUT2D eigenvalue weighted by atomic mass is 10.1. The van der Waals surface area contributed by atoms with E-state index in [1.807, 2.05) is 7.05 Å². The van der Waals surface area contributed by atoms with Gasteiger partial charge in [0.05, 0.1) is 0 Å². The quantitative estimate of drug-likeness (QED) is 0.856. The molecule has 1 heterocycles. The molecule has 94 valence electrons. The van der Waals surface area contributed by atoms with Crippen LogP contribution in [-0.2, 0) is 6.54 Å². The fourth-order valence-electron chi connectivity index (χ4n) is 2.35. The molecule has 1 saturated heterocycles. The van der Waals surface area contributed by atoms with E-state index in [-0.39, 0.29) is 0 Å². The standard InChI is InChI=1S/C14H23N3/c1-3-16-7-9-17(10-8-16)12-13-5-4-6-14(11-13)15-2/h4-6,11,15H,3,7-10,12H2,1-2H3. The largest absolute Gasteiger partial charge is 0.388 e. The molecule has 0 saturated carbocycles. The van der Waals surface area contributed by atoms with Crippen LogP contribution >= 0.6 is 0 Å². The van der Waals surface area contributed by atoms with Crippen LogP contribution < -0.4 is 5.32 Å². The Morgan fingerprint density at radius 2 is 1.82 bits per heavy atom. The summed E-state index contributed by atoms with van der Waals surface area (Å²) in [6.07, 6.45) is 0. The highest BCUT2D eigenvalue weighted by atomic mass is 15.3. The van der Waals surface area contributed by atoms with Crippen molar-refractivity contribution in [3.8, 4) is 0 Å². The van der Waals surface area contributed by atoms with Crippen LogP contribution in [0.2, 0.25) is 0 Å². The monoisotopic (exact) mass is 233 g/mol. The van der Waals surface area contributed by atoms with Crippen molar-refractivity contribution in [1.82, 2.24) is 9.80 Å². The Labute approximate surface area is 104 Å². The van der Waals surface area contributed by atoms with Crippen LogP contribution in [0.4, 0.5) is 5.69 Å². The molecule has 1 aliphatic rings. The molecule has 0 aliphatic carbocycles. The molecular weight excluding hydrogens is 210 g/mol. The molecule has 1 aromatic carbocycles. The first-order valence-electron chi connectivity index (χ1n) is 6.53. The Balaban J connectivity index is 1.88. The third-order valence-electron chi connectivity index (χ3n) is 3.53. The maximum absolute atomic E-state index is 3.19. The van der Waals surface area contributed by atoms with E-state index in [2.05, 4.69) is 46.3 Å². The lowest BCUT2D eigenvalue weighted by molar-refractivity contribution is 0.132. The molecule has 1 N–H and O–H groups in total. The molecule has 2 rings (SSSR count). The third kappa shape index (κ3) is 3.45. The molecule has 0 radical (unpaired) electrons. The Bertz CT molecular complexity index is 343. The van der Waals surface area contributed by atoms with Gasteiger partial charge in [-0.1, -0.05) is 19.1 Å². The summed E-state index contributed by atoms with van der Waals surface area (Å²) in [6, 6.07) is 8.70. The number of hydrogen-bond acceptors (Lipinski definition) is 3. The molecule has 0 spiro atoms. The minimum absolute atomic E-state index is 1.08. The molecular formula is C14H23N3. The molecule has 0 aromatic heterocycles. The van der Waals surface area contributed by atoms with Gasteiger partial charge in [-0.3, -0.25) is 4.90 Å². The third-order valence-corrected chi connectivity index (χ3v) is 3.53. The predicted octanol–water partition coefficient (Wildman–Crippen LogP) is 1.87. The number of benzene rings is 1. The van der Waals surface area contributed by atoms with Gasteiger partial charge in [0.25, 0.3) is 0 Å². The highest BCUT2D eigenvalue weighted by Gasteiger charge is 2.15. The van der Waals surface area contributed by atoms with Gasteiger partial charge >= 0.3 is 0 Å². The summed E-state index contributed by atoms with van der Waals surface area (Å²) < 4.78 is 0. The number of nitrogens with zero attached hydrogens (tertiary/aromatic N) is 2. The van der Waals surface area contributed by atoms with Gasteiger partial charge in [0.15, 0.2) is 0 Å². The second kappa shape index (κ2) is 6.03. The first-order valence-corrected chi connectivity index (χ1v) is 6.53. The van der Waals surface area contributed by atoms with Crippen molar-refractivity contribution >= 4 is 5.69 Å². The zero-order valence-corrected chi connectivity index (χ0v) is 10.9. The summed E-state index contributed by atoms with van der Waals surface area (Å²) in [5.41, 5.74) is 2.61. The molecule has 1 aliphatic heterocycles. The number of rotatable bonds is 4. The SMILES string of the molecule is CCN1CCN(Cc2cccc(NC)c2)CC1. The van der Waals surface area contributed by atoms with Gasteiger partial charge < -0.3 is 10.2 Å². The molecule has 0 unspecified atom stereocenters. The highest BCUT2D eigenvalue weighted by molar-refractivity contribution is 5.44. The zero-order valence-electron chi connectivity index (χ0n) is 10.9. The van der Waals surface area contributed by atoms with Crippen LogP contribution in [0.3, 0.4) is 0 Å². The Morgan fingerprint density at radius 3 is 2.47 bits per heavy atom. The minimum Gasteiger partial charge on any atom is -0.388 e. The summed E-state index contributed by atoms with van der Waals surface area (Å²) in [4.78, 5) is 5.06. The molecule has 0 atom stereocenters. The number of nitrogens with one attached hydrogen (secondary N) is 1. The maximum atomic E-state index is 3.19. The summed E-state index contributed by atoms with van der Waals surface area (Å²) in [5, 5.41) is 3.19. The maximum Gasteiger partial charge on any atom is 0.0340 e. The second-order valence-corrected chi connectivity index (χ2v) is 4.66. The van der Waals surface area contributed by atoms with Crippen molar-refractivity contribution in [2.75, 3.05) is 45.1 Å². The van der Waals surface area contributed by atoms with Crippen LogP contribution in [0.5, 0.6) is 0 Å². The van der Waals surface area contributed by atoms with Crippen LogP contribution in [-0.4, -0.2) is 49.6 Å². The lowest BCUT2D eigenvalue weighted by Crippen LogP contribution is -2.45. The van der Waals surface area contributed by atoms with Crippen molar-refractivity contribution in [3.05, 3.63) is 29.8 Å². The summed E-state index contributed by atoms with van der Waals surface area (Å²) in [6.45, 7) is 9.31. The van der Waals surface area contributed by atoms with Gasteiger partial charge in [-0.15, -0.1) is 0 Å². The van der Waals surface area contributed by atoms with Crippen LogP contribution in [0, 0.1) is 0 Å². The average Bonchev–Trinajstić information content (AvgIpc) is 2.40. The van der Waals surface area contributed by atoms with Gasteiger partial charge in [-0.25, -0.2) is 0 Å². The van der Waals surface area contributed by atoms with Crippen LogP contribution in [0.15, 0.2) is 24.3 Å². The van der Waals surface area contributed by atoms with Gasteiger partial charge in [-0.05, 0) is 24.2 Å². The summed E-state index contributed by atoms with van der Waals surface area (Å²) in [5.74, 6) is 0. The fraction of sp³-hybridized carbons (Fsp3) is 0.571. The second-order valence-electron chi connectivity index (χ2n) is 4.66. The van der Waals surface area contributed by atoms with Gasteiger partial charge in [-0.2, -0.15) is 0 Å². The normalized spacial score (nSPS) is 18.2. The van der Waals surface area contributed by atoms with E-state index in [0.717, 1.165) is 6.54 Å². The highest BCUT2D eigenvalue weighted by Crippen LogP contribution is 2.13. The van der Waals surface area contributed by atoms with Crippen molar-refractivity contribution in [1.29, 1.82) is 0 Å². The van der Waals surface area contributed by atoms with E-state index < -0.39 is 0 Å². The Hall–Kier alpha value is -1.06. The minimum atomic E-state index is 1.08. The topological polar surface area (TPSA) is 18.5 Å². The van der Waals surface area contributed by atoms with E-state index >= 15 is 0 Å². The molecule has 3 heteroatoms. The molecule has 0 amide bonds.